The molecule has 14 heavy (non-hydrogen) atoms. The molecule has 1 saturated carbocycles. The van der Waals surface area contributed by atoms with Crippen molar-refractivity contribution in [3.63, 3.8) is 0 Å². The zero-order chi connectivity index (χ0) is 10.1. The first kappa shape index (κ1) is 9.66. The second-order valence-corrected chi connectivity index (χ2v) is 4.36. The Kier molecular flexibility index (Phi) is 2.55. The summed E-state index contributed by atoms with van der Waals surface area (Å²) in [5.74, 6) is 1.37. The lowest BCUT2D eigenvalue weighted by Crippen LogP contribution is -2.15. The lowest BCUT2D eigenvalue weighted by molar-refractivity contribution is 0.609. The maximum Gasteiger partial charge on any atom is 0.0375 e. The number of hydrogen-bond donors (Lipinski definition) is 1. The number of rotatable bonds is 3. The molecule has 0 aromatic carbocycles. The van der Waals surface area contributed by atoms with Crippen molar-refractivity contribution in [2.45, 2.75) is 32.6 Å². The van der Waals surface area contributed by atoms with E-state index >= 15 is 0 Å². The van der Waals surface area contributed by atoms with E-state index in [2.05, 4.69) is 18.0 Å². The first-order valence-corrected chi connectivity index (χ1v) is 5.35. The van der Waals surface area contributed by atoms with Gasteiger partial charge >= 0.3 is 0 Å². The molecule has 1 aliphatic rings. The van der Waals surface area contributed by atoms with Crippen LogP contribution in [0.3, 0.4) is 0 Å². The van der Waals surface area contributed by atoms with Crippen LogP contribution in [0, 0.1) is 19.8 Å². The summed E-state index contributed by atoms with van der Waals surface area (Å²) < 4.78 is 0. The van der Waals surface area contributed by atoms with Crippen LogP contribution >= 0.6 is 0 Å². The van der Waals surface area contributed by atoms with E-state index in [1.165, 1.54) is 24.0 Å². The van der Waals surface area contributed by atoms with E-state index in [1.54, 1.807) is 0 Å². The fourth-order valence-corrected chi connectivity index (χ4v) is 2.17. The first-order chi connectivity index (χ1) is 6.72. The van der Waals surface area contributed by atoms with Crippen LogP contribution in [0.5, 0.6) is 0 Å². The van der Waals surface area contributed by atoms with Gasteiger partial charge in [0.15, 0.2) is 0 Å². The van der Waals surface area contributed by atoms with Crippen molar-refractivity contribution in [2.24, 2.45) is 11.7 Å². The summed E-state index contributed by atoms with van der Waals surface area (Å²) >= 11 is 0. The van der Waals surface area contributed by atoms with Crippen molar-refractivity contribution in [3.05, 3.63) is 29.1 Å². The fourth-order valence-electron chi connectivity index (χ4n) is 2.17. The molecule has 0 bridgehead atoms. The monoisotopic (exact) mass is 190 g/mol. The zero-order valence-corrected chi connectivity index (χ0v) is 8.96. The Bertz CT molecular complexity index is 329. The number of aromatic nitrogens is 1. The van der Waals surface area contributed by atoms with E-state index < -0.39 is 0 Å². The molecule has 1 unspecified atom stereocenters. The van der Waals surface area contributed by atoms with E-state index in [0.29, 0.717) is 5.92 Å². The molecule has 1 atom stereocenters. The average molecular weight is 190 g/mol. The van der Waals surface area contributed by atoms with Gasteiger partial charge in [0.25, 0.3) is 0 Å². The predicted octanol–water partition coefficient (Wildman–Crippen LogP) is 2.15. The van der Waals surface area contributed by atoms with Gasteiger partial charge < -0.3 is 5.73 Å². The van der Waals surface area contributed by atoms with Crippen LogP contribution in [0.15, 0.2) is 12.3 Å². The average Bonchev–Trinajstić information content (AvgIpc) is 2.93. The largest absolute Gasteiger partial charge is 0.330 e. The summed E-state index contributed by atoms with van der Waals surface area (Å²) in [7, 11) is 0. The first-order valence-electron chi connectivity index (χ1n) is 5.35. The van der Waals surface area contributed by atoms with Gasteiger partial charge in [-0.1, -0.05) is 0 Å². The lowest BCUT2D eigenvalue weighted by atomic mass is 9.92. The van der Waals surface area contributed by atoms with Gasteiger partial charge in [-0.25, -0.2) is 0 Å². The molecule has 1 aromatic rings. The third-order valence-electron chi connectivity index (χ3n) is 3.13. The lowest BCUT2D eigenvalue weighted by Gasteiger charge is -2.16. The van der Waals surface area contributed by atoms with Crippen LogP contribution in [-0.2, 0) is 0 Å². The third kappa shape index (κ3) is 1.80. The molecule has 0 amide bonds. The van der Waals surface area contributed by atoms with Crippen molar-refractivity contribution in [2.75, 3.05) is 6.54 Å². The highest BCUT2D eigenvalue weighted by molar-refractivity contribution is 5.30. The molecule has 76 valence electrons. The molecular formula is C12H18N2. The molecule has 1 aliphatic carbocycles. The van der Waals surface area contributed by atoms with Crippen LogP contribution in [0.1, 0.15) is 35.6 Å². The highest BCUT2D eigenvalue weighted by Gasteiger charge is 2.32. The summed E-state index contributed by atoms with van der Waals surface area (Å²) in [5.41, 5.74) is 9.63. The Morgan fingerprint density at radius 1 is 1.50 bits per heavy atom. The quantitative estimate of drug-likeness (QED) is 0.793. The second-order valence-electron chi connectivity index (χ2n) is 4.36. The van der Waals surface area contributed by atoms with Crippen molar-refractivity contribution in [1.82, 2.24) is 4.98 Å². The van der Waals surface area contributed by atoms with Crippen LogP contribution in [0.2, 0.25) is 0 Å². The van der Waals surface area contributed by atoms with Crippen molar-refractivity contribution in [3.8, 4) is 0 Å². The number of nitrogens with zero attached hydrogens (tertiary/aromatic N) is 1. The van der Waals surface area contributed by atoms with Crippen LogP contribution in [0.25, 0.3) is 0 Å². The molecule has 0 aliphatic heterocycles. The Morgan fingerprint density at radius 2 is 2.21 bits per heavy atom. The standard InChI is InChI=1S/C12H18N2/c1-8-5-9(2)14-7-12(8)11(6-13)10-3-4-10/h5,7,10-11H,3-4,6,13H2,1-2H3. The number of hydrogen-bond acceptors (Lipinski definition) is 2. The van der Waals surface area contributed by atoms with E-state index in [-0.39, 0.29) is 0 Å². The Labute approximate surface area is 85.5 Å². The van der Waals surface area contributed by atoms with Gasteiger partial charge in [0.2, 0.25) is 0 Å². The fraction of sp³-hybridized carbons (Fsp3) is 0.583. The molecule has 0 saturated heterocycles. The summed E-state index contributed by atoms with van der Waals surface area (Å²) in [6.45, 7) is 4.96. The SMILES string of the molecule is Cc1cc(C)c(C(CN)C2CC2)cn1. The number of nitrogens with two attached hydrogens (primary N) is 1. The molecule has 1 heterocycles. The van der Waals surface area contributed by atoms with Gasteiger partial charge in [0.05, 0.1) is 0 Å². The summed E-state index contributed by atoms with van der Waals surface area (Å²) in [6, 6.07) is 2.15. The molecule has 2 rings (SSSR count). The van der Waals surface area contributed by atoms with Crippen LogP contribution in [-0.4, -0.2) is 11.5 Å². The van der Waals surface area contributed by atoms with Gasteiger partial charge in [0.1, 0.15) is 0 Å². The molecule has 0 radical (unpaired) electrons. The predicted molar refractivity (Wildman–Crippen MR) is 58.2 cm³/mol. The maximum absolute atomic E-state index is 5.82. The molecule has 2 heteroatoms. The van der Waals surface area contributed by atoms with Crippen molar-refractivity contribution < 1.29 is 0 Å². The Hall–Kier alpha value is -0.890. The van der Waals surface area contributed by atoms with E-state index in [9.17, 15) is 0 Å². The maximum atomic E-state index is 5.82. The molecule has 2 nitrogen and oxygen atoms in total. The minimum Gasteiger partial charge on any atom is -0.330 e. The number of pyridine rings is 1. The minimum absolute atomic E-state index is 0.545. The highest BCUT2D eigenvalue weighted by Crippen LogP contribution is 2.42. The van der Waals surface area contributed by atoms with E-state index in [1.807, 2.05) is 13.1 Å². The third-order valence-corrected chi connectivity index (χ3v) is 3.13. The molecule has 1 aromatic heterocycles. The summed E-state index contributed by atoms with van der Waals surface area (Å²) in [6.07, 6.45) is 4.70. The molecular weight excluding hydrogens is 172 g/mol. The van der Waals surface area contributed by atoms with Crippen molar-refractivity contribution >= 4 is 0 Å². The summed E-state index contributed by atoms with van der Waals surface area (Å²) in [4.78, 5) is 4.36. The molecule has 2 N–H and O–H groups in total. The highest BCUT2D eigenvalue weighted by atomic mass is 14.7. The summed E-state index contributed by atoms with van der Waals surface area (Å²) in [5, 5.41) is 0. The van der Waals surface area contributed by atoms with Gasteiger partial charge in [-0.2, -0.15) is 0 Å². The van der Waals surface area contributed by atoms with E-state index in [4.69, 9.17) is 5.73 Å². The van der Waals surface area contributed by atoms with Crippen LogP contribution in [0.4, 0.5) is 0 Å². The van der Waals surface area contributed by atoms with E-state index in [0.717, 1.165) is 18.2 Å². The van der Waals surface area contributed by atoms with Crippen molar-refractivity contribution in [1.29, 1.82) is 0 Å². The van der Waals surface area contributed by atoms with Gasteiger partial charge in [-0.15, -0.1) is 0 Å². The topological polar surface area (TPSA) is 38.9 Å². The smallest absolute Gasteiger partial charge is 0.0375 e. The number of aryl methyl sites for hydroxylation is 2. The second kappa shape index (κ2) is 3.70. The van der Waals surface area contributed by atoms with Gasteiger partial charge in [-0.05, 0) is 56.3 Å². The van der Waals surface area contributed by atoms with Gasteiger partial charge in [0, 0.05) is 17.8 Å². The zero-order valence-electron chi connectivity index (χ0n) is 8.96. The molecule has 1 fully saturated rings. The Morgan fingerprint density at radius 3 is 2.71 bits per heavy atom. The van der Waals surface area contributed by atoms with Gasteiger partial charge in [-0.3, -0.25) is 4.98 Å². The Balaban J connectivity index is 2.29. The van der Waals surface area contributed by atoms with Crippen LogP contribution < -0.4 is 5.73 Å². The molecule has 0 spiro atoms. The minimum atomic E-state index is 0.545. The normalized spacial score (nSPS) is 18.2.